The van der Waals surface area contributed by atoms with E-state index in [0.717, 1.165) is 12.1 Å². The molecular weight excluding hydrogens is 316 g/mol. The highest BCUT2D eigenvalue weighted by molar-refractivity contribution is 5.71. The number of benzene rings is 1. The van der Waals surface area contributed by atoms with E-state index in [1.807, 2.05) is 0 Å². The summed E-state index contributed by atoms with van der Waals surface area (Å²) in [6, 6.07) is 2.29. The maximum Gasteiger partial charge on any atom is 0.416 e. The minimum Gasteiger partial charge on any atom is -0.441 e. The summed E-state index contributed by atoms with van der Waals surface area (Å²) in [6.07, 6.45) is -4.02. The Morgan fingerprint density at radius 3 is 2.61 bits per heavy atom. The van der Waals surface area contributed by atoms with Gasteiger partial charge in [0, 0.05) is 19.4 Å². The monoisotopic (exact) mass is 332 g/mol. The quantitative estimate of drug-likeness (QED) is 0.847. The van der Waals surface area contributed by atoms with Crippen molar-refractivity contribution < 1.29 is 27.1 Å². The van der Waals surface area contributed by atoms with Gasteiger partial charge in [0.05, 0.1) is 12.1 Å². The molecule has 0 atom stereocenters. The van der Waals surface area contributed by atoms with Crippen LogP contribution in [0.1, 0.15) is 24.0 Å². The van der Waals surface area contributed by atoms with Crippen LogP contribution in [0.4, 0.5) is 22.4 Å². The molecule has 4 nitrogen and oxygen atoms in total. The summed E-state index contributed by atoms with van der Waals surface area (Å²) in [5.41, 5.74) is -1.84. The average molecular weight is 332 g/mol. The van der Waals surface area contributed by atoms with Crippen LogP contribution in [0.2, 0.25) is 0 Å². The summed E-state index contributed by atoms with van der Waals surface area (Å²) in [4.78, 5) is 13.2. The molecule has 1 aromatic rings. The molecule has 0 radical (unpaired) electrons. The van der Waals surface area contributed by atoms with E-state index in [0.29, 0.717) is 32.0 Å². The second-order valence-electron chi connectivity index (χ2n) is 5.96. The van der Waals surface area contributed by atoms with Crippen molar-refractivity contribution in [3.05, 3.63) is 35.1 Å². The highest BCUT2D eigenvalue weighted by Crippen LogP contribution is 2.36. The molecule has 1 amide bonds. The van der Waals surface area contributed by atoms with E-state index in [1.54, 1.807) is 0 Å². The van der Waals surface area contributed by atoms with Gasteiger partial charge in [-0.2, -0.15) is 13.2 Å². The van der Waals surface area contributed by atoms with Crippen molar-refractivity contribution in [1.82, 2.24) is 10.2 Å². The third kappa shape index (κ3) is 3.26. The number of rotatable bonds is 2. The lowest BCUT2D eigenvalue weighted by Crippen LogP contribution is -2.44. The Morgan fingerprint density at radius 2 is 1.96 bits per heavy atom. The van der Waals surface area contributed by atoms with Crippen molar-refractivity contribution in [2.24, 2.45) is 0 Å². The van der Waals surface area contributed by atoms with Crippen LogP contribution in [-0.2, 0) is 17.5 Å². The predicted octanol–water partition coefficient (Wildman–Crippen LogP) is 2.92. The molecule has 2 fully saturated rings. The largest absolute Gasteiger partial charge is 0.441 e. The highest BCUT2D eigenvalue weighted by Gasteiger charge is 2.46. The molecule has 2 aliphatic heterocycles. The molecule has 23 heavy (non-hydrogen) atoms. The Labute approximate surface area is 130 Å². The van der Waals surface area contributed by atoms with Crippen molar-refractivity contribution in [3.8, 4) is 0 Å². The van der Waals surface area contributed by atoms with Gasteiger partial charge in [0.2, 0.25) is 0 Å². The minimum absolute atomic E-state index is 0.224. The summed E-state index contributed by atoms with van der Waals surface area (Å²) in [5.74, 6) is -0.767. The summed E-state index contributed by atoms with van der Waals surface area (Å²) >= 11 is 0. The molecule has 0 saturated carbocycles. The van der Waals surface area contributed by atoms with Gasteiger partial charge in [-0.3, -0.25) is 4.90 Å². The third-order valence-corrected chi connectivity index (χ3v) is 4.29. The molecule has 0 bridgehead atoms. The Hall–Kier alpha value is -1.83. The predicted molar refractivity (Wildman–Crippen MR) is 73.1 cm³/mol. The fourth-order valence-corrected chi connectivity index (χ4v) is 3.13. The fraction of sp³-hybridized carbons (Fsp3) is 0.533. The van der Waals surface area contributed by atoms with Gasteiger partial charge >= 0.3 is 12.3 Å². The van der Waals surface area contributed by atoms with E-state index in [4.69, 9.17) is 4.74 Å². The standard InChI is InChI=1S/C15H16F4N2O2/c16-11-1-2-12(15(17,18)19)10(7-11)8-21-9-14(23-13(21)22)3-5-20-6-4-14/h1-2,7,20H,3-6,8-9H2. The maximum atomic E-state index is 13.3. The van der Waals surface area contributed by atoms with Crippen LogP contribution in [0.3, 0.4) is 0 Å². The van der Waals surface area contributed by atoms with Gasteiger partial charge in [-0.15, -0.1) is 0 Å². The minimum atomic E-state index is -4.60. The molecule has 1 N–H and O–H groups in total. The van der Waals surface area contributed by atoms with E-state index in [2.05, 4.69) is 5.32 Å². The van der Waals surface area contributed by atoms with Gasteiger partial charge in [0.25, 0.3) is 0 Å². The number of amides is 1. The third-order valence-electron chi connectivity index (χ3n) is 4.29. The number of halogens is 4. The topological polar surface area (TPSA) is 41.6 Å². The Balaban J connectivity index is 1.82. The van der Waals surface area contributed by atoms with E-state index >= 15 is 0 Å². The van der Waals surface area contributed by atoms with Crippen molar-refractivity contribution in [2.45, 2.75) is 31.2 Å². The molecular formula is C15H16F4N2O2. The SMILES string of the molecule is O=C1OC2(CCNCC2)CN1Cc1cc(F)ccc1C(F)(F)F. The van der Waals surface area contributed by atoms with Crippen molar-refractivity contribution in [2.75, 3.05) is 19.6 Å². The van der Waals surface area contributed by atoms with Gasteiger partial charge in [0.15, 0.2) is 0 Å². The second kappa shape index (κ2) is 5.67. The molecule has 8 heteroatoms. The number of hydrogen-bond donors (Lipinski definition) is 1. The number of nitrogens with zero attached hydrogens (tertiary/aromatic N) is 1. The molecule has 1 spiro atoms. The van der Waals surface area contributed by atoms with E-state index in [1.165, 1.54) is 4.90 Å². The summed E-state index contributed by atoms with van der Waals surface area (Å²) in [5, 5.41) is 3.14. The lowest BCUT2D eigenvalue weighted by Gasteiger charge is -2.31. The van der Waals surface area contributed by atoms with Gasteiger partial charge in [0.1, 0.15) is 11.4 Å². The molecule has 0 unspecified atom stereocenters. The lowest BCUT2D eigenvalue weighted by molar-refractivity contribution is -0.138. The van der Waals surface area contributed by atoms with Crippen LogP contribution in [0.15, 0.2) is 18.2 Å². The Kier molecular flexibility index (Phi) is 3.95. The average Bonchev–Trinajstić information content (AvgIpc) is 2.74. The van der Waals surface area contributed by atoms with Crippen LogP contribution < -0.4 is 5.32 Å². The first-order valence-corrected chi connectivity index (χ1v) is 7.33. The van der Waals surface area contributed by atoms with Crippen LogP contribution in [-0.4, -0.2) is 36.2 Å². The van der Waals surface area contributed by atoms with E-state index in [-0.39, 0.29) is 18.7 Å². The van der Waals surface area contributed by atoms with Crippen LogP contribution in [0.5, 0.6) is 0 Å². The number of nitrogens with one attached hydrogen (secondary N) is 1. The molecule has 0 aromatic heterocycles. The molecule has 0 aliphatic carbocycles. The number of carbonyl (C=O) groups excluding carboxylic acids is 1. The van der Waals surface area contributed by atoms with E-state index in [9.17, 15) is 22.4 Å². The number of hydrogen-bond acceptors (Lipinski definition) is 3. The molecule has 2 saturated heterocycles. The Morgan fingerprint density at radius 1 is 1.26 bits per heavy atom. The first-order chi connectivity index (χ1) is 10.8. The number of carbonyl (C=O) groups is 1. The van der Waals surface area contributed by atoms with Gasteiger partial charge in [-0.25, -0.2) is 9.18 Å². The molecule has 126 valence electrons. The molecule has 2 aliphatic rings. The normalized spacial score (nSPS) is 20.9. The van der Waals surface area contributed by atoms with Crippen LogP contribution in [0.25, 0.3) is 0 Å². The zero-order valence-corrected chi connectivity index (χ0v) is 12.3. The number of piperidine rings is 1. The van der Waals surface area contributed by atoms with Gasteiger partial charge in [-0.05, 0) is 36.9 Å². The van der Waals surface area contributed by atoms with Crippen molar-refractivity contribution in [1.29, 1.82) is 0 Å². The van der Waals surface area contributed by atoms with Crippen molar-refractivity contribution >= 4 is 6.09 Å². The second-order valence-corrected chi connectivity index (χ2v) is 5.96. The zero-order chi connectivity index (χ0) is 16.7. The van der Waals surface area contributed by atoms with Crippen molar-refractivity contribution in [3.63, 3.8) is 0 Å². The van der Waals surface area contributed by atoms with Crippen LogP contribution >= 0.6 is 0 Å². The number of ether oxygens (including phenoxy) is 1. The van der Waals surface area contributed by atoms with E-state index < -0.39 is 29.3 Å². The number of alkyl halides is 3. The molecule has 3 rings (SSSR count). The first kappa shape index (κ1) is 16.0. The van der Waals surface area contributed by atoms with Gasteiger partial charge in [-0.1, -0.05) is 0 Å². The first-order valence-electron chi connectivity index (χ1n) is 7.33. The Bertz CT molecular complexity index is 612. The summed E-state index contributed by atoms with van der Waals surface area (Å²) < 4.78 is 57.8. The van der Waals surface area contributed by atoms with Gasteiger partial charge < -0.3 is 10.1 Å². The summed E-state index contributed by atoms with van der Waals surface area (Å²) in [7, 11) is 0. The summed E-state index contributed by atoms with van der Waals surface area (Å²) in [6.45, 7) is 1.28. The smallest absolute Gasteiger partial charge is 0.416 e. The zero-order valence-electron chi connectivity index (χ0n) is 12.3. The maximum absolute atomic E-state index is 13.3. The fourth-order valence-electron chi connectivity index (χ4n) is 3.13. The molecule has 1 aromatic carbocycles. The lowest BCUT2D eigenvalue weighted by atomic mass is 9.92. The van der Waals surface area contributed by atoms with Crippen LogP contribution in [0, 0.1) is 5.82 Å². The molecule has 2 heterocycles. The highest BCUT2D eigenvalue weighted by atomic mass is 19.4.